The highest BCUT2D eigenvalue weighted by molar-refractivity contribution is 5.75. The summed E-state index contributed by atoms with van der Waals surface area (Å²) in [6.45, 7) is 9.66. The first kappa shape index (κ1) is 19.7. The van der Waals surface area contributed by atoms with Gasteiger partial charge in [0.05, 0.1) is 5.92 Å². The number of hydrogen-bond acceptors (Lipinski definition) is 3. The predicted molar refractivity (Wildman–Crippen MR) is 84.3 cm³/mol. The van der Waals surface area contributed by atoms with Crippen molar-refractivity contribution in [2.24, 2.45) is 17.3 Å². The van der Waals surface area contributed by atoms with Crippen LogP contribution in [0.1, 0.15) is 34.1 Å². The zero-order valence-corrected chi connectivity index (χ0v) is 14.2. The lowest BCUT2D eigenvalue weighted by molar-refractivity contribution is -0.142. The fourth-order valence-corrected chi connectivity index (χ4v) is 2.35. The van der Waals surface area contributed by atoms with Crippen LogP contribution in [0.3, 0.4) is 0 Å². The van der Waals surface area contributed by atoms with Gasteiger partial charge < -0.3 is 20.6 Å². The smallest absolute Gasteiger partial charge is 0.314 e. The number of urea groups is 1. The molecule has 0 saturated carbocycles. The molecular weight excluding hydrogens is 270 g/mol. The molecule has 6 heteroatoms. The fraction of sp³-hybridized carbons (Fsp3) is 0.867. The Bertz CT molecular complexity index is 341. The lowest BCUT2D eigenvalue weighted by Crippen LogP contribution is -2.45. The first-order valence-corrected chi connectivity index (χ1v) is 7.42. The van der Waals surface area contributed by atoms with Gasteiger partial charge in [-0.15, -0.1) is 0 Å². The molecule has 6 nitrogen and oxygen atoms in total. The summed E-state index contributed by atoms with van der Waals surface area (Å²) >= 11 is 0. The minimum Gasteiger partial charge on any atom is -0.481 e. The van der Waals surface area contributed by atoms with Gasteiger partial charge in [-0.1, -0.05) is 27.7 Å². The van der Waals surface area contributed by atoms with Gasteiger partial charge in [0.15, 0.2) is 0 Å². The van der Waals surface area contributed by atoms with Crippen LogP contribution < -0.4 is 10.6 Å². The van der Waals surface area contributed by atoms with Crippen LogP contribution in [0.5, 0.6) is 0 Å². The Morgan fingerprint density at radius 1 is 1.19 bits per heavy atom. The molecule has 0 aliphatic heterocycles. The van der Waals surface area contributed by atoms with E-state index in [1.54, 1.807) is 0 Å². The van der Waals surface area contributed by atoms with Crippen molar-refractivity contribution in [1.82, 2.24) is 15.5 Å². The third-order valence-corrected chi connectivity index (χ3v) is 3.09. The number of amides is 2. The fourth-order valence-electron chi connectivity index (χ4n) is 2.35. The van der Waals surface area contributed by atoms with Crippen LogP contribution in [0.15, 0.2) is 0 Å². The van der Waals surface area contributed by atoms with Crippen molar-refractivity contribution in [3.05, 3.63) is 0 Å². The van der Waals surface area contributed by atoms with Gasteiger partial charge in [0, 0.05) is 19.6 Å². The topological polar surface area (TPSA) is 81.7 Å². The number of nitrogens with zero attached hydrogens (tertiary/aromatic N) is 1. The maximum atomic E-state index is 11.8. The predicted octanol–water partition coefficient (Wildman–Crippen LogP) is 1.62. The number of carbonyl (C=O) groups excluding carboxylic acids is 1. The first-order chi connectivity index (χ1) is 9.53. The Hall–Kier alpha value is -1.30. The van der Waals surface area contributed by atoms with E-state index in [2.05, 4.69) is 29.4 Å². The summed E-state index contributed by atoms with van der Waals surface area (Å²) in [6.07, 6.45) is 0.557. The Labute approximate surface area is 128 Å². The summed E-state index contributed by atoms with van der Waals surface area (Å²) in [5, 5.41) is 14.6. The lowest BCUT2D eigenvalue weighted by atomic mass is 9.93. The molecule has 0 aliphatic rings. The lowest BCUT2D eigenvalue weighted by Gasteiger charge is -2.28. The third-order valence-electron chi connectivity index (χ3n) is 3.09. The average Bonchev–Trinajstić information content (AvgIpc) is 2.29. The number of carboxylic acid groups (broad SMARTS) is 1. The molecule has 0 spiro atoms. The molecule has 21 heavy (non-hydrogen) atoms. The number of carbonyl (C=O) groups is 2. The van der Waals surface area contributed by atoms with Crippen molar-refractivity contribution < 1.29 is 14.7 Å². The van der Waals surface area contributed by atoms with Crippen LogP contribution in [-0.2, 0) is 4.79 Å². The summed E-state index contributed by atoms with van der Waals surface area (Å²) in [6, 6.07) is -0.308. The Kier molecular flexibility index (Phi) is 8.32. The van der Waals surface area contributed by atoms with E-state index in [-0.39, 0.29) is 23.9 Å². The average molecular weight is 301 g/mol. The van der Waals surface area contributed by atoms with Crippen molar-refractivity contribution >= 4 is 12.0 Å². The van der Waals surface area contributed by atoms with E-state index in [1.165, 1.54) is 0 Å². The second kappa shape index (κ2) is 8.87. The van der Waals surface area contributed by atoms with Crippen LogP contribution in [-0.4, -0.2) is 55.7 Å². The van der Waals surface area contributed by atoms with Crippen LogP contribution >= 0.6 is 0 Å². The van der Waals surface area contributed by atoms with E-state index in [9.17, 15) is 9.59 Å². The highest BCUT2D eigenvalue weighted by Gasteiger charge is 2.22. The van der Waals surface area contributed by atoms with Crippen LogP contribution in [0.25, 0.3) is 0 Å². The van der Waals surface area contributed by atoms with Gasteiger partial charge in [-0.3, -0.25) is 4.79 Å². The maximum absolute atomic E-state index is 11.8. The molecule has 2 amide bonds. The number of hydrogen-bond donors (Lipinski definition) is 3. The summed E-state index contributed by atoms with van der Waals surface area (Å²) in [7, 11) is 3.98. The second-order valence-electron chi connectivity index (χ2n) is 7.13. The molecule has 1 unspecified atom stereocenters. The Morgan fingerprint density at radius 3 is 2.19 bits per heavy atom. The maximum Gasteiger partial charge on any atom is 0.314 e. The Morgan fingerprint density at radius 2 is 1.76 bits per heavy atom. The summed E-state index contributed by atoms with van der Waals surface area (Å²) in [5.41, 5.74) is -0.0367. The van der Waals surface area contributed by atoms with Crippen molar-refractivity contribution in [1.29, 1.82) is 0 Å². The molecule has 0 rings (SSSR count). The zero-order valence-electron chi connectivity index (χ0n) is 14.2. The van der Waals surface area contributed by atoms with Crippen molar-refractivity contribution in [3.63, 3.8) is 0 Å². The van der Waals surface area contributed by atoms with E-state index in [1.807, 2.05) is 27.9 Å². The Balaban J connectivity index is 4.16. The molecule has 0 aromatic heterocycles. The highest BCUT2D eigenvalue weighted by atomic mass is 16.4. The van der Waals surface area contributed by atoms with Gasteiger partial charge in [0.1, 0.15) is 0 Å². The molecule has 3 N–H and O–H groups in total. The van der Waals surface area contributed by atoms with Gasteiger partial charge in [-0.25, -0.2) is 4.79 Å². The standard InChI is InChI=1S/C15H31N3O3/c1-11(2)7-12(13(19)20)8-16-14(21)17-9-15(3,4)10-18(5)6/h11-12H,7-10H2,1-6H3,(H,19,20)(H2,16,17,21). The van der Waals surface area contributed by atoms with Gasteiger partial charge in [-0.2, -0.15) is 0 Å². The van der Waals surface area contributed by atoms with E-state index in [0.717, 1.165) is 6.54 Å². The minimum absolute atomic E-state index is 0.0367. The molecule has 0 radical (unpaired) electrons. The van der Waals surface area contributed by atoms with Crippen LogP contribution in [0, 0.1) is 17.3 Å². The molecular formula is C15H31N3O3. The number of rotatable bonds is 9. The van der Waals surface area contributed by atoms with E-state index >= 15 is 0 Å². The zero-order chi connectivity index (χ0) is 16.6. The molecule has 0 aliphatic carbocycles. The van der Waals surface area contributed by atoms with Crippen molar-refractivity contribution in [3.8, 4) is 0 Å². The van der Waals surface area contributed by atoms with Gasteiger partial charge in [-0.05, 0) is 31.8 Å². The number of aliphatic carboxylic acids is 1. The monoisotopic (exact) mass is 301 g/mol. The van der Waals surface area contributed by atoms with Gasteiger partial charge in [0.25, 0.3) is 0 Å². The van der Waals surface area contributed by atoms with E-state index in [4.69, 9.17) is 5.11 Å². The van der Waals surface area contributed by atoms with Crippen molar-refractivity contribution in [2.45, 2.75) is 34.1 Å². The number of nitrogens with one attached hydrogen (secondary N) is 2. The molecule has 0 aromatic carbocycles. The SMILES string of the molecule is CC(C)CC(CNC(=O)NCC(C)(C)CN(C)C)C(=O)O. The van der Waals surface area contributed by atoms with Crippen LogP contribution in [0.4, 0.5) is 4.79 Å². The van der Waals surface area contributed by atoms with Crippen molar-refractivity contribution in [2.75, 3.05) is 33.7 Å². The molecule has 0 fully saturated rings. The minimum atomic E-state index is -0.864. The molecule has 0 bridgehead atoms. The largest absolute Gasteiger partial charge is 0.481 e. The summed E-state index contributed by atoms with van der Waals surface area (Å²) in [4.78, 5) is 24.9. The molecule has 1 atom stereocenters. The third kappa shape index (κ3) is 10.1. The quantitative estimate of drug-likeness (QED) is 0.604. The van der Waals surface area contributed by atoms with E-state index < -0.39 is 11.9 Å². The molecule has 0 heterocycles. The molecule has 124 valence electrons. The number of carboxylic acids is 1. The molecule has 0 saturated heterocycles. The second-order valence-corrected chi connectivity index (χ2v) is 7.13. The summed E-state index contributed by atoms with van der Waals surface area (Å²) < 4.78 is 0. The highest BCUT2D eigenvalue weighted by Crippen LogP contribution is 2.14. The van der Waals surface area contributed by atoms with Gasteiger partial charge in [0.2, 0.25) is 0 Å². The summed E-state index contributed by atoms with van der Waals surface area (Å²) in [5.74, 6) is -1.11. The van der Waals surface area contributed by atoms with E-state index in [0.29, 0.717) is 13.0 Å². The van der Waals surface area contributed by atoms with Crippen LogP contribution in [0.2, 0.25) is 0 Å². The normalized spacial score (nSPS) is 13.3. The van der Waals surface area contributed by atoms with Gasteiger partial charge >= 0.3 is 12.0 Å². The molecule has 0 aromatic rings. The first-order valence-electron chi connectivity index (χ1n) is 7.42.